The highest BCUT2D eigenvalue weighted by atomic mass is 16.5. The number of Topliss-reactive ketones (excluding diaryl/α,β-unsaturated/α-hetero) is 1. The van der Waals surface area contributed by atoms with Crippen LogP contribution in [0.3, 0.4) is 0 Å². The summed E-state index contributed by atoms with van der Waals surface area (Å²) in [5.41, 5.74) is -0.484. The molecule has 3 heterocycles. The zero-order valence-corrected chi connectivity index (χ0v) is 21.1. The third-order valence-corrected chi connectivity index (χ3v) is 7.34. The number of fused-ring (bicyclic) bond motifs is 2. The molecule has 1 N–H and O–H groups in total. The van der Waals surface area contributed by atoms with Gasteiger partial charge in [-0.3, -0.25) is 19.3 Å². The number of likely N-dealkylation sites (N-methyl/N-ethyl adjacent to an activating group) is 1. The number of morpholine rings is 1. The quantitative estimate of drug-likeness (QED) is 0.350. The first-order valence-corrected chi connectivity index (χ1v) is 12.6. The fourth-order valence-electron chi connectivity index (χ4n) is 5.57. The molecule has 9 heteroatoms. The Morgan fingerprint density at radius 2 is 1.73 bits per heavy atom. The summed E-state index contributed by atoms with van der Waals surface area (Å²) in [5, 5.41) is 11.5. The van der Waals surface area contributed by atoms with Gasteiger partial charge in [-0.1, -0.05) is 18.2 Å². The van der Waals surface area contributed by atoms with Gasteiger partial charge in [-0.05, 0) is 43.7 Å². The third-order valence-electron chi connectivity index (χ3n) is 7.34. The minimum absolute atomic E-state index is 0.190. The van der Waals surface area contributed by atoms with Crippen LogP contribution in [0.5, 0.6) is 5.75 Å². The molecule has 3 aliphatic rings. The van der Waals surface area contributed by atoms with Crippen molar-refractivity contribution in [3.05, 3.63) is 65.2 Å². The minimum atomic E-state index is -1.73. The van der Waals surface area contributed by atoms with E-state index >= 15 is 0 Å². The predicted molar refractivity (Wildman–Crippen MR) is 137 cm³/mol. The Morgan fingerprint density at radius 1 is 1.03 bits per heavy atom. The third kappa shape index (κ3) is 3.98. The molecule has 37 heavy (non-hydrogen) atoms. The molecule has 1 atom stereocenters. The smallest absolute Gasteiger partial charge is 0.296 e. The molecule has 9 nitrogen and oxygen atoms in total. The number of rotatable bonds is 7. The van der Waals surface area contributed by atoms with Crippen molar-refractivity contribution < 1.29 is 29.0 Å². The number of para-hydroxylation sites is 1. The van der Waals surface area contributed by atoms with Crippen LogP contribution < -0.4 is 9.64 Å². The number of aliphatic hydroxyl groups excluding tert-OH is 1. The summed E-state index contributed by atoms with van der Waals surface area (Å²) in [6.07, 6.45) is 0.566. The lowest BCUT2D eigenvalue weighted by Gasteiger charge is -2.35. The number of hydrogen-bond donors (Lipinski definition) is 1. The predicted octanol–water partition coefficient (Wildman–Crippen LogP) is 2.36. The van der Waals surface area contributed by atoms with Gasteiger partial charge >= 0.3 is 0 Å². The standard InChI is InChI=1S/C28H31N3O6/c1-3-37-20-11-9-19(10-12-20)24(32)23-25(33)26(34)31(14-6-13-30-15-17-36-18-16-30)28(23)21-7-4-5-8-22(21)29(2)27(28)35/h4-5,7-12,32H,3,6,13-18H2,1-2H3/t28-/m0/s1. The van der Waals surface area contributed by atoms with Gasteiger partial charge in [0.1, 0.15) is 11.5 Å². The molecule has 194 valence electrons. The van der Waals surface area contributed by atoms with Gasteiger partial charge in [0.05, 0.1) is 25.4 Å². The van der Waals surface area contributed by atoms with E-state index < -0.39 is 23.1 Å². The van der Waals surface area contributed by atoms with Crippen LogP contribution in [0.1, 0.15) is 24.5 Å². The Morgan fingerprint density at radius 3 is 2.43 bits per heavy atom. The van der Waals surface area contributed by atoms with Crippen LogP contribution in [0.15, 0.2) is 54.1 Å². The number of carbonyl (C=O) groups excluding carboxylic acids is 3. The lowest BCUT2D eigenvalue weighted by Crippen LogP contribution is -2.52. The van der Waals surface area contributed by atoms with Gasteiger partial charge in [-0.2, -0.15) is 0 Å². The molecule has 0 aromatic heterocycles. The fourth-order valence-corrected chi connectivity index (χ4v) is 5.57. The number of amides is 2. The topological polar surface area (TPSA) is 99.6 Å². The van der Waals surface area contributed by atoms with Crippen molar-refractivity contribution in [2.75, 3.05) is 57.9 Å². The molecule has 0 saturated carbocycles. The Kier molecular flexibility index (Phi) is 6.74. The van der Waals surface area contributed by atoms with E-state index in [1.54, 1.807) is 55.6 Å². The average molecular weight is 506 g/mol. The number of ether oxygens (including phenoxy) is 2. The Bertz CT molecular complexity index is 1250. The molecular weight excluding hydrogens is 474 g/mol. The van der Waals surface area contributed by atoms with Crippen LogP contribution in [-0.4, -0.2) is 85.6 Å². The highest BCUT2D eigenvalue weighted by Gasteiger charge is 2.66. The monoisotopic (exact) mass is 505 g/mol. The lowest BCUT2D eigenvalue weighted by atomic mass is 9.82. The van der Waals surface area contributed by atoms with E-state index in [9.17, 15) is 19.5 Å². The van der Waals surface area contributed by atoms with Crippen LogP contribution in [0.2, 0.25) is 0 Å². The van der Waals surface area contributed by atoms with Gasteiger partial charge in [-0.15, -0.1) is 0 Å². The van der Waals surface area contributed by atoms with E-state index in [4.69, 9.17) is 9.47 Å². The largest absolute Gasteiger partial charge is 0.507 e. The van der Waals surface area contributed by atoms with Crippen LogP contribution in [0.25, 0.3) is 5.76 Å². The van der Waals surface area contributed by atoms with E-state index in [-0.39, 0.29) is 17.9 Å². The molecular formula is C28H31N3O6. The number of benzene rings is 2. The lowest BCUT2D eigenvalue weighted by molar-refractivity contribution is -0.143. The molecule has 2 aromatic carbocycles. The van der Waals surface area contributed by atoms with Gasteiger partial charge in [0.15, 0.2) is 5.54 Å². The number of carbonyl (C=O) groups is 3. The van der Waals surface area contributed by atoms with Crippen LogP contribution in [-0.2, 0) is 24.7 Å². The number of likely N-dealkylation sites (tertiary alicyclic amines) is 1. The summed E-state index contributed by atoms with van der Waals surface area (Å²) in [5.74, 6) is -1.86. The number of anilines is 1. The van der Waals surface area contributed by atoms with Crippen molar-refractivity contribution in [1.82, 2.24) is 9.80 Å². The van der Waals surface area contributed by atoms with Crippen LogP contribution >= 0.6 is 0 Å². The fraction of sp³-hybridized carbons (Fsp3) is 0.393. The summed E-state index contributed by atoms with van der Waals surface area (Å²) in [6.45, 7) is 6.16. The number of ketones is 1. The van der Waals surface area contributed by atoms with Crippen molar-refractivity contribution >= 4 is 29.0 Å². The minimum Gasteiger partial charge on any atom is -0.507 e. The van der Waals surface area contributed by atoms with Crippen molar-refractivity contribution in [2.45, 2.75) is 18.9 Å². The summed E-state index contributed by atoms with van der Waals surface area (Å²) in [6, 6.07) is 13.7. The summed E-state index contributed by atoms with van der Waals surface area (Å²) < 4.78 is 10.9. The van der Waals surface area contributed by atoms with Gasteiger partial charge in [0.25, 0.3) is 17.6 Å². The Labute approximate surface area is 215 Å². The molecule has 3 aliphatic heterocycles. The second-order valence-corrected chi connectivity index (χ2v) is 9.37. The summed E-state index contributed by atoms with van der Waals surface area (Å²) in [4.78, 5) is 46.1. The first-order chi connectivity index (χ1) is 17.9. The molecule has 0 bridgehead atoms. The zero-order chi connectivity index (χ0) is 26.2. The van der Waals surface area contributed by atoms with Crippen LogP contribution in [0, 0.1) is 0 Å². The second kappa shape index (κ2) is 9.99. The highest BCUT2D eigenvalue weighted by Crippen LogP contribution is 2.53. The van der Waals surface area contributed by atoms with Crippen molar-refractivity contribution in [1.29, 1.82) is 0 Å². The first-order valence-electron chi connectivity index (χ1n) is 12.6. The molecule has 2 aromatic rings. The number of nitrogens with zero attached hydrogens (tertiary/aromatic N) is 3. The Hall–Kier alpha value is -3.69. The van der Waals surface area contributed by atoms with Crippen molar-refractivity contribution in [2.24, 2.45) is 0 Å². The Balaban J connectivity index is 1.60. The van der Waals surface area contributed by atoms with Gasteiger partial charge < -0.3 is 24.4 Å². The maximum atomic E-state index is 14.0. The average Bonchev–Trinajstić information content (AvgIpc) is 3.28. The van der Waals surface area contributed by atoms with E-state index in [1.807, 2.05) is 6.92 Å². The molecule has 5 rings (SSSR count). The van der Waals surface area contributed by atoms with Crippen molar-refractivity contribution in [3.63, 3.8) is 0 Å². The zero-order valence-electron chi connectivity index (χ0n) is 21.1. The van der Waals surface area contributed by atoms with E-state index in [2.05, 4.69) is 4.90 Å². The molecule has 2 fully saturated rings. The summed E-state index contributed by atoms with van der Waals surface area (Å²) >= 11 is 0. The second-order valence-electron chi connectivity index (χ2n) is 9.37. The SMILES string of the molecule is CCOc1ccc(C(O)=C2C(=O)C(=O)N(CCCN3CCOCC3)[C@]23C(=O)N(C)c2ccccc23)cc1. The number of aliphatic hydroxyl groups is 1. The van der Waals surface area contributed by atoms with Crippen molar-refractivity contribution in [3.8, 4) is 5.75 Å². The molecule has 1 spiro atoms. The van der Waals surface area contributed by atoms with Gasteiger partial charge in [0, 0.05) is 50.0 Å². The van der Waals surface area contributed by atoms with E-state index in [0.29, 0.717) is 55.4 Å². The molecule has 0 radical (unpaired) electrons. The maximum absolute atomic E-state index is 14.0. The highest BCUT2D eigenvalue weighted by molar-refractivity contribution is 6.50. The molecule has 2 amide bonds. The molecule has 0 unspecified atom stereocenters. The number of hydrogen-bond acceptors (Lipinski definition) is 7. The van der Waals surface area contributed by atoms with E-state index in [0.717, 1.165) is 13.1 Å². The van der Waals surface area contributed by atoms with Gasteiger partial charge in [0.2, 0.25) is 0 Å². The normalized spacial score (nSPS) is 23.2. The van der Waals surface area contributed by atoms with E-state index in [1.165, 1.54) is 9.80 Å². The summed E-state index contributed by atoms with van der Waals surface area (Å²) in [7, 11) is 1.63. The van der Waals surface area contributed by atoms with Crippen LogP contribution in [0.4, 0.5) is 5.69 Å². The molecule has 2 saturated heterocycles. The molecule has 0 aliphatic carbocycles. The van der Waals surface area contributed by atoms with Gasteiger partial charge in [-0.25, -0.2) is 0 Å². The first kappa shape index (κ1) is 25.0. The maximum Gasteiger partial charge on any atom is 0.296 e.